The number of rotatable bonds is 5. The summed E-state index contributed by atoms with van der Waals surface area (Å²) in [6.45, 7) is 4.51. The smallest absolute Gasteiger partial charge is 0.0932 e. The van der Waals surface area contributed by atoms with Crippen LogP contribution in [0.25, 0.3) is 11.3 Å². The Kier molecular flexibility index (Phi) is 4.50. The second kappa shape index (κ2) is 6.12. The molecule has 0 radical (unpaired) electrons. The van der Waals surface area contributed by atoms with E-state index in [4.69, 9.17) is 10.1 Å². The molecule has 0 aliphatic heterocycles. The van der Waals surface area contributed by atoms with Gasteiger partial charge in [0.25, 0.3) is 0 Å². The van der Waals surface area contributed by atoms with Crippen LogP contribution in [0.1, 0.15) is 29.0 Å². The molecular formula is C15H19NOS. The molecule has 0 fully saturated rings. The van der Waals surface area contributed by atoms with E-state index < -0.39 is 0 Å². The summed E-state index contributed by atoms with van der Waals surface area (Å²) in [6.07, 6.45) is 2.84. The Labute approximate surface area is 112 Å². The summed E-state index contributed by atoms with van der Waals surface area (Å²) in [4.78, 5) is 4.69. The lowest BCUT2D eigenvalue weighted by molar-refractivity contribution is 0.284. The summed E-state index contributed by atoms with van der Waals surface area (Å²) in [7, 11) is 0. The molecule has 2 nitrogen and oxygen atoms in total. The lowest BCUT2D eigenvalue weighted by Crippen LogP contribution is -1.89. The molecule has 1 N–H and O–H groups in total. The number of benzene rings is 1. The normalized spacial score (nSPS) is 10.8. The average molecular weight is 261 g/mol. The molecule has 2 aromatic rings. The predicted molar refractivity (Wildman–Crippen MR) is 77.0 cm³/mol. The fourth-order valence-electron chi connectivity index (χ4n) is 1.95. The molecule has 0 saturated heterocycles. The number of hydrogen-bond donors (Lipinski definition) is 1. The van der Waals surface area contributed by atoms with Gasteiger partial charge in [0.05, 0.1) is 10.7 Å². The monoisotopic (exact) mass is 261 g/mol. The molecule has 0 atom stereocenters. The minimum atomic E-state index is 0.273. The average Bonchev–Trinajstić information content (AvgIpc) is 2.81. The number of aliphatic hydroxyl groups is 1. The number of hydrogen-bond acceptors (Lipinski definition) is 3. The van der Waals surface area contributed by atoms with Gasteiger partial charge in [-0.1, -0.05) is 17.7 Å². The lowest BCUT2D eigenvalue weighted by atomic mass is 10.0. The number of thiazole rings is 1. The first-order valence-corrected chi connectivity index (χ1v) is 7.21. The van der Waals surface area contributed by atoms with Crippen LogP contribution in [-0.4, -0.2) is 16.7 Å². The second-order valence-corrected chi connectivity index (χ2v) is 5.57. The van der Waals surface area contributed by atoms with Gasteiger partial charge in [0.1, 0.15) is 0 Å². The molecule has 1 aromatic carbocycles. The van der Waals surface area contributed by atoms with Crippen molar-refractivity contribution in [2.45, 2.75) is 33.1 Å². The Bertz CT molecular complexity index is 519. The van der Waals surface area contributed by atoms with Gasteiger partial charge >= 0.3 is 0 Å². The largest absolute Gasteiger partial charge is 0.396 e. The van der Waals surface area contributed by atoms with Crippen molar-refractivity contribution in [2.75, 3.05) is 6.61 Å². The van der Waals surface area contributed by atoms with E-state index in [2.05, 4.69) is 37.4 Å². The highest BCUT2D eigenvalue weighted by Gasteiger charge is 2.07. The quantitative estimate of drug-likeness (QED) is 0.832. The van der Waals surface area contributed by atoms with Gasteiger partial charge in [0, 0.05) is 17.6 Å². The molecular weight excluding hydrogens is 242 g/mol. The second-order valence-electron chi connectivity index (χ2n) is 4.63. The molecule has 0 amide bonds. The number of unbranched alkanes of at least 4 members (excludes halogenated alkanes) is 1. The maximum absolute atomic E-state index is 8.78. The maximum atomic E-state index is 8.78. The minimum Gasteiger partial charge on any atom is -0.396 e. The van der Waals surface area contributed by atoms with E-state index in [0.29, 0.717) is 0 Å². The summed E-state index contributed by atoms with van der Waals surface area (Å²) in [5.74, 6) is 0. The summed E-state index contributed by atoms with van der Waals surface area (Å²) in [6, 6.07) is 6.48. The Morgan fingerprint density at radius 1 is 1.22 bits per heavy atom. The van der Waals surface area contributed by atoms with Crippen molar-refractivity contribution >= 4 is 11.3 Å². The van der Waals surface area contributed by atoms with E-state index in [-0.39, 0.29) is 6.61 Å². The third-order valence-corrected chi connectivity index (χ3v) is 3.93. The van der Waals surface area contributed by atoms with Crippen molar-refractivity contribution in [3.05, 3.63) is 39.7 Å². The minimum absolute atomic E-state index is 0.273. The first-order valence-electron chi connectivity index (χ1n) is 6.33. The van der Waals surface area contributed by atoms with E-state index in [0.717, 1.165) is 25.0 Å². The van der Waals surface area contributed by atoms with Crippen LogP contribution in [0.15, 0.2) is 23.6 Å². The van der Waals surface area contributed by atoms with Crippen LogP contribution in [0.4, 0.5) is 0 Å². The zero-order valence-electron chi connectivity index (χ0n) is 10.9. The highest BCUT2D eigenvalue weighted by Crippen LogP contribution is 2.26. The summed E-state index contributed by atoms with van der Waals surface area (Å²) < 4.78 is 0. The summed E-state index contributed by atoms with van der Waals surface area (Å²) in [5.41, 5.74) is 4.86. The molecule has 96 valence electrons. The Morgan fingerprint density at radius 2 is 2.06 bits per heavy atom. The lowest BCUT2D eigenvalue weighted by Gasteiger charge is -2.03. The van der Waals surface area contributed by atoms with Crippen LogP contribution in [-0.2, 0) is 6.42 Å². The molecule has 2 rings (SSSR count). The Balaban J connectivity index is 2.16. The summed E-state index contributed by atoms with van der Waals surface area (Å²) >= 11 is 1.72. The molecule has 0 spiro atoms. The third kappa shape index (κ3) is 3.18. The zero-order valence-corrected chi connectivity index (χ0v) is 11.8. The number of aromatic nitrogens is 1. The van der Waals surface area contributed by atoms with Crippen LogP contribution in [0, 0.1) is 13.8 Å². The number of nitrogens with zero attached hydrogens (tertiary/aromatic N) is 1. The van der Waals surface area contributed by atoms with Gasteiger partial charge in [0.15, 0.2) is 0 Å². The van der Waals surface area contributed by atoms with Crippen molar-refractivity contribution in [3.63, 3.8) is 0 Å². The molecule has 0 unspecified atom stereocenters. The van der Waals surface area contributed by atoms with Crippen LogP contribution in [0.2, 0.25) is 0 Å². The molecule has 0 bridgehead atoms. The first-order chi connectivity index (χ1) is 8.70. The zero-order chi connectivity index (χ0) is 13.0. The van der Waals surface area contributed by atoms with Crippen LogP contribution in [0.5, 0.6) is 0 Å². The Morgan fingerprint density at radius 3 is 2.83 bits per heavy atom. The van der Waals surface area contributed by atoms with E-state index in [1.54, 1.807) is 11.3 Å². The molecule has 1 heterocycles. The SMILES string of the molecule is Cc1ccc(C)c(-c2csc(CCCCO)n2)c1. The van der Waals surface area contributed by atoms with Gasteiger partial charge in [-0.15, -0.1) is 11.3 Å². The van der Waals surface area contributed by atoms with Crippen LogP contribution < -0.4 is 0 Å². The molecule has 1 aromatic heterocycles. The van der Waals surface area contributed by atoms with Gasteiger partial charge in [-0.3, -0.25) is 0 Å². The van der Waals surface area contributed by atoms with Crippen LogP contribution >= 0.6 is 11.3 Å². The van der Waals surface area contributed by atoms with Gasteiger partial charge in [-0.2, -0.15) is 0 Å². The van der Waals surface area contributed by atoms with Crippen molar-refractivity contribution < 1.29 is 5.11 Å². The van der Waals surface area contributed by atoms with Gasteiger partial charge in [-0.05, 0) is 44.7 Å². The molecule has 0 aliphatic carbocycles. The van der Waals surface area contributed by atoms with Crippen molar-refractivity contribution in [3.8, 4) is 11.3 Å². The summed E-state index contributed by atoms with van der Waals surface area (Å²) in [5, 5.41) is 12.1. The fraction of sp³-hybridized carbons (Fsp3) is 0.400. The van der Waals surface area contributed by atoms with Gasteiger partial charge < -0.3 is 5.11 Å². The fourth-order valence-corrected chi connectivity index (χ4v) is 2.79. The van der Waals surface area contributed by atoms with Crippen molar-refractivity contribution in [1.82, 2.24) is 4.98 Å². The van der Waals surface area contributed by atoms with E-state index in [9.17, 15) is 0 Å². The molecule has 3 heteroatoms. The van der Waals surface area contributed by atoms with Crippen molar-refractivity contribution in [2.24, 2.45) is 0 Å². The van der Waals surface area contributed by atoms with Gasteiger partial charge in [-0.25, -0.2) is 4.98 Å². The Hall–Kier alpha value is -1.19. The standard InChI is InChI=1S/C15H19NOS/c1-11-6-7-12(2)13(9-11)14-10-18-15(16-14)5-3-4-8-17/h6-7,9-10,17H,3-5,8H2,1-2H3. The molecule has 0 aliphatic rings. The third-order valence-electron chi connectivity index (χ3n) is 3.02. The highest BCUT2D eigenvalue weighted by atomic mass is 32.1. The van der Waals surface area contributed by atoms with E-state index in [1.807, 2.05) is 0 Å². The topological polar surface area (TPSA) is 33.1 Å². The molecule has 18 heavy (non-hydrogen) atoms. The van der Waals surface area contributed by atoms with Crippen LogP contribution in [0.3, 0.4) is 0 Å². The maximum Gasteiger partial charge on any atom is 0.0932 e. The number of aryl methyl sites for hydroxylation is 3. The van der Waals surface area contributed by atoms with E-state index >= 15 is 0 Å². The first kappa shape index (κ1) is 13.2. The van der Waals surface area contributed by atoms with E-state index in [1.165, 1.54) is 21.7 Å². The van der Waals surface area contributed by atoms with Gasteiger partial charge in [0.2, 0.25) is 0 Å². The molecule has 0 saturated carbocycles. The van der Waals surface area contributed by atoms with Crippen molar-refractivity contribution in [1.29, 1.82) is 0 Å². The highest BCUT2D eigenvalue weighted by molar-refractivity contribution is 7.09. The number of aliphatic hydroxyl groups excluding tert-OH is 1. The predicted octanol–water partition coefficient (Wildman–Crippen LogP) is 3.74.